The molecule has 0 fully saturated rings. The molecule has 0 saturated carbocycles. The zero-order chi connectivity index (χ0) is 19.9. The van der Waals surface area contributed by atoms with Gasteiger partial charge in [-0.05, 0) is 31.4 Å². The van der Waals surface area contributed by atoms with Crippen LogP contribution in [0, 0.1) is 0 Å². The summed E-state index contributed by atoms with van der Waals surface area (Å²) in [5, 5.41) is 0. The quantitative estimate of drug-likeness (QED) is 0.211. The SMILES string of the molecule is CCCCCCCCCCCCC[n+]1ccn(-c2ccccc2)c1CCCC. The van der Waals surface area contributed by atoms with Crippen LogP contribution in [0.25, 0.3) is 5.69 Å². The predicted octanol–water partition coefficient (Wildman–Crippen LogP) is 7.42. The van der Waals surface area contributed by atoms with Crippen LogP contribution in [0.3, 0.4) is 0 Å². The third-order valence-electron chi connectivity index (χ3n) is 5.80. The van der Waals surface area contributed by atoms with E-state index in [2.05, 4.69) is 65.7 Å². The van der Waals surface area contributed by atoms with E-state index in [9.17, 15) is 0 Å². The third-order valence-corrected chi connectivity index (χ3v) is 5.80. The van der Waals surface area contributed by atoms with Gasteiger partial charge in [0.25, 0.3) is 5.82 Å². The van der Waals surface area contributed by atoms with Crippen molar-refractivity contribution in [2.24, 2.45) is 0 Å². The number of nitrogens with zero attached hydrogens (tertiary/aromatic N) is 2. The molecule has 0 atom stereocenters. The smallest absolute Gasteiger partial charge is 0.234 e. The molecule has 1 aromatic heterocycles. The van der Waals surface area contributed by atoms with E-state index in [1.807, 2.05) is 0 Å². The van der Waals surface area contributed by atoms with Gasteiger partial charge in [-0.1, -0.05) is 96.3 Å². The van der Waals surface area contributed by atoms with Gasteiger partial charge >= 0.3 is 0 Å². The third kappa shape index (κ3) is 8.20. The lowest BCUT2D eigenvalue weighted by Gasteiger charge is -2.05. The Morgan fingerprint density at radius 3 is 1.86 bits per heavy atom. The number of para-hydroxylation sites is 1. The van der Waals surface area contributed by atoms with Gasteiger partial charge in [0.1, 0.15) is 18.1 Å². The van der Waals surface area contributed by atoms with Crippen LogP contribution >= 0.6 is 0 Å². The van der Waals surface area contributed by atoms with Crippen LogP contribution < -0.4 is 4.57 Å². The predicted molar refractivity (Wildman–Crippen MR) is 121 cm³/mol. The van der Waals surface area contributed by atoms with Crippen LogP contribution in [0.5, 0.6) is 0 Å². The highest BCUT2D eigenvalue weighted by atomic mass is 15.1. The molecule has 2 aromatic rings. The summed E-state index contributed by atoms with van der Waals surface area (Å²) in [5.41, 5.74) is 1.28. The molecule has 2 heteroatoms. The van der Waals surface area contributed by atoms with Crippen molar-refractivity contribution >= 4 is 0 Å². The second-order valence-electron chi connectivity index (χ2n) is 8.25. The minimum atomic E-state index is 1.16. The summed E-state index contributed by atoms with van der Waals surface area (Å²) < 4.78 is 4.88. The van der Waals surface area contributed by atoms with E-state index in [0.717, 1.165) is 13.0 Å². The van der Waals surface area contributed by atoms with Gasteiger partial charge in [0.15, 0.2) is 0 Å². The fourth-order valence-electron chi connectivity index (χ4n) is 4.03. The molecule has 28 heavy (non-hydrogen) atoms. The summed E-state index contributed by atoms with van der Waals surface area (Å²) in [6.45, 7) is 5.74. The van der Waals surface area contributed by atoms with Gasteiger partial charge in [0, 0.05) is 6.42 Å². The molecule has 0 radical (unpaired) electrons. The van der Waals surface area contributed by atoms with Crippen molar-refractivity contribution in [2.75, 3.05) is 0 Å². The van der Waals surface area contributed by atoms with E-state index in [-0.39, 0.29) is 0 Å². The standard InChI is InChI=1S/C26H43N2/c1-3-5-7-8-9-10-11-12-13-14-18-22-27-23-24-28(26(27)21-6-4-2)25-19-16-15-17-20-25/h15-17,19-20,23-24H,3-14,18,21-22H2,1-2H3/q+1. The molecule has 0 bridgehead atoms. The van der Waals surface area contributed by atoms with E-state index in [1.54, 1.807) is 0 Å². The minimum absolute atomic E-state index is 1.16. The average Bonchev–Trinajstić information content (AvgIpc) is 3.13. The number of rotatable bonds is 16. The number of hydrogen-bond donors (Lipinski definition) is 0. The van der Waals surface area contributed by atoms with Crippen LogP contribution in [0.4, 0.5) is 0 Å². The molecule has 0 amide bonds. The second-order valence-corrected chi connectivity index (χ2v) is 8.25. The van der Waals surface area contributed by atoms with E-state index >= 15 is 0 Å². The van der Waals surface area contributed by atoms with Gasteiger partial charge in [-0.15, -0.1) is 0 Å². The van der Waals surface area contributed by atoms with Crippen LogP contribution in [-0.4, -0.2) is 4.57 Å². The summed E-state index contributed by atoms with van der Waals surface area (Å²) in [5.74, 6) is 1.46. The molecule has 0 unspecified atom stereocenters. The second kappa shape index (κ2) is 14.4. The van der Waals surface area contributed by atoms with Crippen molar-refractivity contribution in [3.8, 4) is 5.69 Å². The molecule has 0 aliphatic heterocycles. The van der Waals surface area contributed by atoms with E-state index in [1.165, 1.54) is 95.0 Å². The zero-order valence-corrected chi connectivity index (χ0v) is 18.5. The highest BCUT2D eigenvalue weighted by molar-refractivity contribution is 5.31. The maximum atomic E-state index is 2.50. The van der Waals surface area contributed by atoms with Crippen LogP contribution in [0.15, 0.2) is 42.7 Å². The Morgan fingerprint density at radius 1 is 0.679 bits per heavy atom. The Morgan fingerprint density at radius 2 is 1.25 bits per heavy atom. The van der Waals surface area contributed by atoms with Crippen molar-refractivity contribution in [1.29, 1.82) is 0 Å². The van der Waals surface area contributed by atoms with Gasteiger partial charge in [0.05, 0.1) is 6.54 Å². The summed E-state index contributed by atoms with van der Waals surface area (Å²) in [6.07, 6.45) is 23.7. The van der Waals surface area contributed by atoms with Gasteiger partial charge in [-0.3, -0.25) is 0 Å². The number of aromatic nitrogens is 2. The van der Waals surface area contributed by atoms with Crippen LogP contribution in [0.2, 0.25) is 0 Å². The molecule has 2 nitrogen and oxygen atoms in total. The van der Waals surface area contributed by atoms with Crippen molar-refractivity contribution < 1.29 is 4.57 Å². The first-order chi connectivity index (χ1) is 13.9. The molecule has 0 saturated heterocycles. The zero-order valence-electron chi connectivity index (χ0n) is 18.5. The lowest BCUT2D eigenvalue weighted by Crippen LogP contribution is -2.37. The topological polar surface area (TPSA) is 8.81 Å². The lowest BCUT2D eigenvalue weighted by molar-refractivity contribution is -0.704. The average molecular weight is 384 g/mol. The maximum Gasteiger partial charge on any atom is 0.261 e. The number of benzene rings is 1. The van der Waals surface area contributed by atoms with Gasteiger partial charge in [-0.25, -0.2) is 4.57 Å². The maximum absolute atomic E-state index is 2.50. The molecule has 0 N–H and O–H groups in total. The first-order valence-electron chi connectivity index (χ1n) is 12.0. The first kappa shape index (κ1) is 22.7. The molecular formula is C26H43N2+. The fourth-order valence-corrected chi connectivity index (χ4v) is 4.03. The number of imidazole rings is 1. The highest BCUT2D eigenvalue weighted by Crippen LogP contribution is 2.13. The first-order valence-corrected chi connectivity index (χ1v) is 12.0. The lowest BCUT2D eigenvalue weighted by atomic mass is 10.1. The number of hydrogen-bond acceptors (Lipinski definition) is 0. The Labute approximate surface area is 174 Å². The van der Waals surface area contributed by atoms with Gasteiger partial charge in [0.2, 0.25) is 0 Å². The van der Waals surface area contributed by atoms with E-state index in [4.69, 9.17) is 0 Å². The van der Waals surface area contributed by atoms with E-state index < -0.39 is 0 Å². The fraction of sp³-hybridized carbons (Fsp3) is 0.654. The highest BCUT2D eigenvalue weighted by Gasteiger charge is 2.17. The Bertz CT molecular complexity index is 615. The molecule has 0 aliphatic carbocycles. The van der Waals surface area contributed by atoms with E-state index in [0.29, 0.717) is 0 Å². The van der Waals surface area contributed by atoms with Gasteiger partial charge in [-0.2, -0.15) is 4.57 Å². The molecule has 0 spiro atoms. The monoisotopic (exact) mass is 383 g/mol. The van der Waals surface area contributed by atoms with Crippen molar-refractivity contribution in [2.45, 2.75) is 110 Å². The number of aryl methyl sites for hydroxylation is 1. The van der Waals surface area contributed by atoms with Crippen LogP contribution in [-0.2, 0) is 13.0 Å². The Hall–Kier alpha value is -1.57. The molecular weight excluding hydrogens is 340 g/mol. The molecule has 1 aromatic carbocycles. The summed E-state index contributed by atoms with van der Waals surface area (Å²) in [4.78, 5) is 0. The summed E-state index contributed by atoms with van der Waals surface area (Å²) in [7, 11) is 0. The Kier molecular flexibility index (Phi) is 11.7. The molecule has 156 valence electrons. The summed E-state index contributed by atoms with van der Waals surface area (Å²) in [6, 6.07) is 10.8. The molecule has 1 heterocycles. The Balaban J connectivity index is 1.70. The minimum Gasteiger partial charge on any atom is -0.234 e. The molecule has 2 rings (SSSR count). The largest absolute Gasteiger partial charge is 0.261 e. The van der Waals surface area contributed by atoms with Crippen molar-refractivity contribution in [3.63, 3.8) is 0 Å². The van der Waals surface area contributed by atoms with Crippen molar-refractivity contribution in [1.82, 2.24) is 4.57 Å². The molecule has 0 aliphatic rings. The van der Waals surface area contributed by atoms with Gasteiger partial charge < -0.3 is 0 Å². The number of unbranched alkanes of at least 4 members (excludes halogenated alkanes) is 11. The summed E-state index contributed by atoms with van der Waals surface area (Å²) >= 11 is 0. The van der Waals surface area contributed by atoms with Crippen molar-refractivity contribution in [3.05, 3.63) is 48.5 Å². The van der Waals surface area contributed by atoms with Crippen LogP contribution in [0.1, 0.15) is 103 Å². The normalized spacial score (nSPS) is 11.2.